The number of para-hydroxylation sites is 1. The number of unbranched alkanes of at least 4 members (excludes halogenated alkanes) is 2. The van der Waals surface area contributed by atoms with Crippen LogP contribution in [0.1, 0.15) is 57.3 Å². The average Bonchev–Trinajstić information content (AvgIpc) is 2.65. The number of hydrogen-bond donors (Lipinski definition) is 2. The van der Waals surface area contributed by atoms with E-state index in [1.807, 2.05) is 32.9 Å². The molecule has 0 spiro atoms. The number of carbonyl (C=O) groups excluding carboxylic acids is 2. The molecule has 0 saturated carbocycles. The van der Waals surface area contributed by atoms with Crippen LogP contribution in [0.4, 0.5) is 11.4 Å². The van der Waals surface area contributed by atoms with E-state index in [4.69, 9.17) is 4.74 Å². The van der Waals surface area contributed by atoms with Crippen LogP contribution < -0.4 is 15.4 Å². The van der Waals surface area contributed by atoms with Crippen molar-refractivity contribution in [3.8, 4) is 5.75 Å². The van der Waals surface area contributed by atoms with E-state index in [0.29, 0.717) is 29.3 Å². The molecule has 5 heteroatoms. The fourth-order valence-corrected chi connectivity index (χ4v) is 2.51. The highest BCUT2D eigenvalue weighted by Crippen LogP contribution is 2.23. The zero-order valence-electron chi connectivity index (χ0n) is 17.2. The van der Waals surface area contributed by atoms with Crippen LogP contribution in [-0.4, -0.2) is 18.4 Å². The summed E-state index contributed by atoms with van der Waals surface area (Å²) in [5.41, 5.74) is 1.25. The molecule has 2 N–H and O–H groups in total. The van der Waals surface area contributed by atoms with E-state index < -0.39 is 5.41 Å². The Bertz CT molecular complexity index is 809. The molecule has 2 amide bonds. The second-order valence-electron chi connectivity index (χ2n) is 7.79. The molecule has 2 aromatic carbocycles. The lowest BCUT2D eigenvalue weighted by atomic mass is 9.95. The van der Waals surface area contributed by atoms with Crippen LogP contribution in [0, 0.1) is 5.41 Å². The quantitative estimate of drug-likeness (QED) is 0.593. The van der Waals surface area contributed by atoms with Gasteiger partial charge in [-0.3, -0.25) is 9.59 Å². The number of anilines is 2. The first-order valence-electron chi connectivity index (χ1n) is 9.76. The summed E-state index contributed by atoms with van der Waals surface area (Å²) in [6, 6.07) is 14.3. The van der Waals surface area contributed by atoms with Crippen LogP contribution in [0.5, 0.6) is 5.75 Å². The minimum Gasteiger partial charge on any atom is -0.493 e. The number of nitrogens with one attached hydrogen (secondary N) is 2. The molecule has 150 valence electrons. The first kappa shape index (κ1) is 21.5. The van der Waals surface area contributed by atoms with Gasteiger partial charge in [0, 0.05) is 16.8 Å². The highest BCUT2D eigenvalue weighted by Gasteiger charge is 2.21. The minimum absolute atomic E-state index is 0.0817. The molecule has 0 saturated heterocycles. The number of carbonyl (C=O) groups is 2. The van der Waals surface area contributed by atoms with Gasteiger partial charge in [-0.1, -0.05) is 58.7 Å². The van der Waals surface area contributed by atoms with Crippen molar-refractivity contribution < 1.29 is 14.3 Å². The van der Waals surface area contributed by atoms with Gasteiger partial charge in [-0.15, -0.1) is 0 Å². The maximum atomic E-state index is 12.7. The molecule has 0 aliphatic carbocycles. The molecule has 0 aliphatic rings. The summed E-state index contributed by atoms with van der Waals surface area (Å²) in [7, 11) is 0. The highest BCUT2D eigenvalue weighted by atomic mass is 16.5. The summed E-state index contributed by atoms with van der Waals surface area (Å²) in [5.74, 6) is 0.250. The predicted molar refractivity (Wildman–Crippen MR) is 114 cm³/mol. The van der Waals surface area contributed by atoms with Gasteiger partial charge in [0.25, 0.3) is 5.91 Å². The summed E-state index contributed by atoms with van der Waals surface area (Å²) in [6.07, 6.45) is 3.18. The lowest BCUT2D eigenvalue weighted by Crippen LogP contribution is -2.27. The van der Waals surface area contributed by atoms with Crippen LogP contribution in [0.25, 0.3) is 0 Å². The normalized spacial score (nSPS) is 11.0. The average molecular weight is 383 g/mol. The van der Waals surface area contributed by atoms with Gasteiger partial charge in [-0.25, -0.2) is 0 Å². The fourth-order valence-electron chi connectivity index (χ4n) is 2.51. The topological polar surface area (TPSA) is 67.4 Å². The Kier molecular flexibility index (Phi) is 7.61. The van der Waals surface area contributed by atoms with Crippen molar-refractivity contribution in [2.24, 2.45) is 5.41 Å². The van der Waals surface area contributed by atoms with Crippen molar-refractivity contribution in [2.45, 2.75) is 47.0 Å². The first-order valence-corrected chi connectivity index (χ1v) is 9.76. The Hall–Kier alpha value is -2.82. The molecule has 0 atom stereocenters. The van der Waals surface area contributed by atoms with E-state index in [0.717, 1.165) is 19.3 Å². The monoisotopic (exact) mass is 382 g/mol. The van der Waals surface area contributed by atoms with Gasteiger partial charge in [-0.2, -0.15) is 0 Å². The van der Waals surface area contributed by atoms with Crippen LogP contribution in [-0.2, 0) is 4.79 Å². The third-order valence-electron chi connectivity index (χ3n) is 4.20. The third kappa shape index (κ3) is 6.41. The maximum absolute atomic E-state index is 12.7. The molecular weight excluding hydrogens is 352 g/mol. The summed E-state index contributed by atoms with van der Waals surface area (Å²) >= 11 is 0. The van der Waals surface area contributed by atoms with Crippen molar-refractivity contribution in [1.82, 2.24) is 0 Å². The summed E-state index contributed by atoms with van der Waals surface area (Å²) in [6.45, 7) is 8.29. The smallest absolute Gasteiger partial charge is 0.259 e. The summed E-state index contributed by atoms with van der Waals surface area (Å²) in [4.78, 5) is 24.9. The number of rotatable bonds is 8. The Morgan fingerprint density at radius 3 is 2.29 bits per heavy atom. The Morgan fingerprint density at radius 1 is 0.929 bits per heavy atom. The number of hydrogen-bond acceptors (Lipinski definition) is 3. The van der Waals surface area contributed by atoms with Crippen LogP contribution in [0.15, 0.2) is 48.5 Å². The van der Waals surface area contributed by atoms with Gasteiger partial charge >= 0.3 is 0 Å². The molecule has 0 fully saturated rings. The van der Waals surface area contributed by atoms with Gasteiger partial charge < -0.3 is 15.4 Å². The summed E-state index contributed by atoms with van der Waals surface area (Å²) < 4.78 is 5.79. The van der Waals surface area contributed by atoms with E-state index >= 15 is 0 Å². The molecule has 5 nitrogen and oxygen atoms in total. The van der Waals surface area contributed by atoms with Gasteiger partial charge in [0.2, 0.25) is 5.91 Å². The molecule has 0 bridgehead atoms. The van der Waals surface area contributed by atoms with Crippen LogP contribution in [0.2, 0.25) is 0 Å². The Morgan fingerprint density at radius 2 is 1.61 bits per heavy atom. The van der Waals surface area contributed by atoms with Gasteiger partial charge in [-0.05, 0) is 36.8 Å². The molecule has 2 rings (SSSR count). The second-order valence-corrected chi connectivity index (χ2v) is 7.79. The standard InChI is InChI=1S/C23H30N2O3/c1-5-6-9-15-28-20-14-8-7-13-19(20)21(26)24-17-11-10-12-18(16-17)25-22(27)23(2,3)4/h7-8,10-14,16H,5-6,9,15H2,1-4H3,(H,24,26)(H,25,27). The van der Waals surface area contributed by atoms with Gasteiger partial charge in [0.05, 0.1) is 12.2 Å². The van der Waals surface area contributed by atoms with E-state index in [-0.39, 0.29) is 11.8 Å². The number of benzene rings is 2. The molecule has 0 radical (unpaired) electrons. The van der Waals surface area contributed by atoms with Crippen molar-refractivity contribution in [2.75, 3.05) is 17.2 Å². The van der Waals surface area contributed by atoms with Crippen molar-refractivity contribution in [3.05, 3.63) is 54.1 Å². The SMILES string of the molecule is CCCCCOc1ccccc1C(=O)Nc1cccc(NC(=O)C(C)(C)C)c1. The molecule has 0 unspecified atom stereocenters. The summed E-state index contributed by atoms with van der Waals surface area (Å²) in [5, 5.41) is 5.75. The number of ether oxygens (including phenoxy) is 1. The molecule has 0 aromatic heterocycles. The molecule has 28 heavy (non-hydrogen) atoms. The Balaban J connectivity index is 2.07. The van der Waals surface area contributed by atoms with Crippen LogP contribution >= 0.6 is 0 Å². The predicted octanol–water partition coefficient (Wildman–Crippen LogP) is 5.49. The highest BCUT2D eigenvalue weighted by molar-refractivity contribution is 6.06. The molecular formula is C23H30N2O3. The zero-order valence-corrected chi connectivity index (χ0v) is 17.2. The largest absolute Gasteiger partial charge is 0.493 e. The fraction of sp³-hybridized carbons (Fsp3) is 0.391. The maximum Gasteiger partial charge on any atom is 0.259 e. The lowest BCUT2D eigenvalue weighted by molar-refractivity contribution is -0.123. The molecule has 0 heterocycles. The zero-order chi connectivity index (χ0) is 20.6. The second kappa shape index (κ2) is 9.93. The first-order chi connectivity index (χ1) is 13.3. The van der Waals surface area contributed by atoms with E-state index in [1.54, 1.807) is 36.4 Å². The van der Waals surface area contributed by atoms with Gasteiger partial charge in [0.15, 0.2) is 0 Å². The number of amides is 2. The van der Waals surface area contributed by atoms with Crippen molar-refractivity contribution >= 4 is 23.2 Å². The van der Waals surface area contributed by atoms with E-state index in [2.05, 4.69) is 17.6 Å². The Labute approximate surface area is 167 Å². The van der Waals surface area contributed by atoms with Crippen molar-refractivity contribution in [3.63, 3.8) is 0 Å². The molecule has 2 aromatic rings. The lowest BCUT2D eigenvalue weighted by Gasteiger charge is -2.18. The van der Waals surface area contributed by atoms with Crippen molar-refractivity contribution in [1.29, 1.82) is 0 Å². The minimum atomic E-state index is -0.493. The van der Waals surface area contributed by atoms with Crippen LogP contribution in [0.3, 0.4) is 0 Å². The third-order valence-corrected chi connectivity index (χ3v) is 4.20. The van der Waals surface area contributed by atoms with Gasteiger partial charge in [0.1, 0.15) is 5.75 Å². The molecule has 0 aliphatic heterocycles. The van der Waals surface area contributed by atoms with E-state index in [9.17, 15) is 9.59 Å². The van der Waals surface area contributed by atoms with E-state index in [1.165, 1.54) is 0 Å².